The fourth-order valence-corrected chi connectivity index (χ4v) is 5.26. The number of rotatable bonds is 8. The quantitative estimate of drug-likeness (QED) is 0.133. The Bertz CT molecular complexity index is 1970. The fourth-order valence-electron chi connectivity index (χ4n) is 4.82. The van der Waals surface area contributed by atoms with Crippen molar-refractivity contribution >= 4 is 75.2 Å². The summed E-state index contributed by atoms with van der Waals surface area (Å²) in [5.41, 5.74) is 2.25. The maximum Gasteiger partial charge on any atom is 0.335 e. The molecule has 0 atom stereocenters. The van der Waals surface area contributed by atoms with Gasteiger partial charge in [0.2, 0.25) is 0 Å². The number of halogens is 3. The highest BCUT2D eigenvalue weighted by molar-refractivity contribution is 6.42. The molecule has 1 saturated heterocycles. The van der Waals surface area contributed by atoms with Gasteiger partial charge in [0, 0.05) is 10.6 Å². The van der Waals surface area contributed by atoms with Crippen LogP contribution in [0.1, 0.15) is 16.7 Å². The summed E-state index contributed by atoms with van der Waals surface area (Å²) < 4.78 is 12.0. The van der Waals surface area contributed by atoms with Crippen LogP contribution in [-0.2, 0) is 22.8 Å². The Kier molecular flexibility index (Phi) is 8.76. The summed E-state index contributed by atoms with van der Waals surface area (Å²) in [6.45, 7) is 0.462. The van der Waals surface area contributed by atoms with E-state index in [1.165, 1.54) is 6.08 Å². The normalized spacial score (nSPS) is 14.2. The van der Waals surface area contributed by atoms with E-state index in [2.05, 4.69) is 5.32 Å². The largest absolute Gasteiger partial charge is 0.489 e. The Morgan fingerprint density at radius 3 is 2.18 bits per heavy atom. The smallest absolute Gasteiger partial charge is 0.335 e. The molecule has 5 aromatic carbocycles. The second kappa shape index (κ2) is 13.0. The van der Waals surface area contributed by atoms with E-state index in [0.717, 1.165) is 26.8 Å². The summed E-state index contributed by atoms with van der Waals surface area (Å²) in [7, 11) is 0. The summed E-state index contributed by atoms with van der Waals surface area (Å²) in [6, 6.07) is 29.2. The van der Waals surface area contributed by atoms with Gasteiger partial charge in [-0.2, -0.15) is 0 Å². The van der Waals surface area contributed by atoms with Crippen LogP contribution < -0.4 is 19.7 Å². The molecule has 1 aliphatic heterocycles. The third kappa shape index (κ3) is 6.66. The Morgan fingerprint density at radius 1 is 0.711 bits per heavy atom. The van der Waals surface area contributed by atoms with Crippen molar-refractivity contribution in [1.82, 2.24) is 5.32 Å². The summed E-state index contributed by atoms with van der Waals surface area (Å²) in [5, 5.41) is 5.36. The van der Waals surface area contributed by atoms with Gasteiger partial charge in [0.1, 0.15) is 30.3 Å². The van der Waals surface area contributed by atoms with Gasteiger partial charge in [0.25, 0.3) is 11.8 Å². The van der Waals surface area contributed by atoms with Gasteiger partial charge < -0.3 is 9.47 Å². The number of benzene rings is 5. The minimum Gasteiger partial charge on any atom is -0.489 e. The van der Waals surface area contributed by atoms with E-state index in [9.17, 15) is 14.4 Å². The van der Waals surface area contributed by atoms with E-state index in [0.29, 0.717) is 38.7 Å². The molecule has 0 unspecified atom stereocenters. The molecular formula is C35H23Cl3N2O5. The molecule has 1 N–H and O–H groups in total. The van der Waals surface area contributed by atoms with E-state index in [1.807, 2.05) is 42.5 Å². The zero-order valence-electron chi connectivity index (χ0n) is 23.4. The van der Waals surface area contributed by atoms with Gasteiger partial charge in [-0.1, -0.05) is 83.3 Å². The van der Waals surface area contributed by atoms with Crippen LogP contribution in [0.5, 0.6) is 11.5 Å². The van der Waals surface area contributed by atoms with Crippen molar-refractivity contribution in [1.29, 1.82) is 0 Å². The summed E-state index contributed by atoms with van der Waals surface area (Å²) in [4.78, 5) is 40.6. The van der Waals surface area contributed by atoms with E-state index in [4.69, 9.17) is 44.3 Å². The maximum absolute atomic E-state index is 13.7. The van der Waals surface area contributed by atoms with Crippen molar-refractivity contribution in [2.45, 2.75) is 13.2 Å². The lowest BCUT2D eigenvalue weighted by Gasteiger charge is -2.26. The SMILES string of the molecule is O=C1NC(=O)N(c2ccc(OCc3ccc(Cl)cc3)cc2)C(=O)/C1=C/c1c(OCc2ccc(Cl)c(Cl)c2)ccc2ccccc12. The third-order valence-corrected chi connectivity index (χ3v) is 8.10. The molecule has 4 amide bonds. The van der Waals surface area contributed by atoms with Crippen molar-refractivity contribution in [3.8, 4) is 11.5 Å². The summed E-state index contributed by atoms with van der Waals surface area (Å²) in [5.74, 6) is -0.627. The van der Waals surface area contributed by atoms with Gasteiger partial charge in [-0.05, 0) is 82.6 Å². The van der Waals surface area contributed by atoms with Gasteiger partial charge in [0.05, 0.1) is 15.7 Å². The molecule has 0 aromatic heterocycles. The van der Waals surface area contributed by atoms with Crippen LogP contribution in [0.4, 0.5) is 10.5 Å². The number of amides is 4. The first-order chi connectivity index (χ1) is 21.8. The Balaban J connectivity index is 1.29. The second-order valence-electron chi connectivity index (χ2n) is 10.1. The standard InChI is InChI=1S/C35H23Cl3N2O5/c36-24-9-5-21(6-10-24)19-44-26-13-11-25(12-14-26)40-34(42)29(33(41)39-35(40)43)18-28-27-4-2-1-3-23(27)8-16-32(28)45-20-22-7-15-30(37)31(38)17-22/h1-18H,19-20H2,(H,39,41,43)/b29-18+. The molecule has 6 rings (SSSR count). The third-order valence-electron chi connectivity index (χ3n) is 7.11. The van der Waals surface area contributed by atoms with Crippen molar-refractivity contribution < 1.29 is 23.9 Å². The van der Waals surface area contributed by atoms with Crippen molar-refractivity contribution in [2.24, 2.45) is 0 Å². The predicted molar refractivity (Wildman–Crippen MR) is 176 cm³/mol. The number of hydrogen-bond donors (Lipinski definition) is 1. The summed E-state index contributed by atoms with van der Waals surface area (Å²) >= 11 is 18.2. The van der Waals surface area contributed by atoms with E-state index >= 15 is 0 Å². The zero-order chi connectivity index (χ0) is 31.5. The number of fused-ring (bicyclic) bond motifs is 1. The maximum atomic E-state index is 13.7. The highest BCUT2D eigenvalue weighted by Gasteiger charge is 2.37. The topological polar surface area (TPSA) is 84.9 Å². The minimum absolute atomic E-state index is 0.155. The lowest BCUT2D eigenvalue weighted by molar-refractivity contribution is -0.122. The number of nitrogens with one attached hydrogen (secondary N) is 1. The molecule has 0 bridgehead atoms. The highest BCUT2D eigenvalue weighted by atomic mass is 35.5. The highest BCUT2D eigenvalue weighted by Crippen LogP contribution is 2.33. The van der Waals surface area contributed by atoms with E-state index in [1.54, 1.807) is 60.7 Å². The minimum atomic E-state index is -0.856. The van der Waals surface area contributed by atoms with Gasteiger partial charge in [-0.3, -0.25) is 14.9 Å². The number of barbiturate groups is 1. The molecule has 224 valence electrons. The number of ether oxygens (including phenoxy) is 2. The first kappa shape index (κ1) is 30.2. The number of carbonyl (C=O) groups is 3. The molecule has 1 fully saturated rings. The zero-order valence-corrected chi connectivity index (χ0v) is 25.7. The van der Waals surface area contributed by atoms with Crippen molar-refractivity contribution in [2.75, 3.05) is 4.90 Å². The molecule has 0 saturated carbocycles. The lowest BCUT2D eigenvalue weighted by Crippen LogP contribution is -2.54. The van der Waals surface area contributed by atoms with E-state index < -0.39 is 17.8 Å². The van der Waals surface area contributed by atoms with E-state index in [-0.39, 0.29) is 17.9 Å². The number of imide groups is 2. The van der Waals surface area contributed by atoms with Crippen LogP contribution in [0, 0.1) is 0 Å². The van der Waals surface area contributed by atoms with Crippen LogP contribution in [0.25, 0.3) is 16.8 Å². The summed E-state index contributed by atoms with van der Waals surface area (Å²) in [6.07, 6.45) is 1.45. The molecule has 0 spiro atoms. The molecule has 7 nitrogen and oxygen atoms in total. The molecule has 1 aliphatic rings. The first-order valence-corrected chi connectivity index (χ1v) is 14.9. The average molecular weight is 658 g/mol. The number of nitrogens with zero attached hydrogens (tertiary/aromatic N) is 1. The average Bonchev–Trinajstić information content (AvgIpc) is 3.04. The molecule has 0 aliphatic carbocycles. The fraction of sp³-hybridized carbons (Fsp3) is 0.0571. The van der Waals surface area contributed by atoms with Crippen LogP contribution in [0.15, 0.2) is 109 Å². The predicted octanol–water partition coefficient (Wildman–Crippen LogP) is 8.62. The monoisotopic (exact) mass is 656 g/mol. The molecule has 1 heterocycles. The van der Waals surface area contributed by atoms with Gasteiger partial charge in [0.15, 0.2) is 0 Å². The van der Waals surface area contributed by atoms with Gasteiger partial charge in [-0.25, -0.2) is 9.69 Å². The number of carbonyl (C=O) groups excluding carboxylic acids is 3. The van der Waals surface area contributed by atoms with Gasteiger partial charge in [-0.15, -0.1) is 0 Å². The Hall–Kier alpha value is -4.82. The molecule has 10 heteroatoms. The van der Waals surface area contributed by atoms with Crippen molar-refractivity contribution in [3.05, 3.63) is 140 Å². The first-order valence-electron chi connectivity index (χ1n) is 13.7. The van der Waals surface area contributed by atoms with Crippen LogP contribution >= 0.6 is 34.8 Å². The van der Waals surface area contributed by atoms with Gasteiger partial charge >= 0.3 is 6.03 Å². The molecular weight excluding hydrogens is 635 g/mol. The van der Waals surface area contributed by atoms with Crippen LogP contribution in [0.2, 0.25) is 15.1 Å². The molecule has 5 aromatic rings. The Labute approximate surface area is 273 Å². The number of anilines is 1. The lowest BCUT2D eigenvalue weighted by atomic mass is 9.99. The molecule has 0 radical (unpaired) electrons. The molecule has 45 heavy (non-hydrogen) atoms. The van der Waals surface area contributed by atoms with Crippen LogP contribution in [0.3, 0.4) is 0 Å². The second-order valence-corrected chi connectivity index (χ2v) is 11.4. The van der Waals surface area contributed by atoms with Crippen LogP contribution in [-0.4, -0.2) is 17.8 Å². The number of hydrogen-bond acceptors (Lipinski definition) is 5. The van der Waals surface area contributed by atoms with Crippen molar-refractivity contribution in [3.63, 3.8) is 0 Å². The number of urea groups is 1. The Morgan fingerprint density at radius 2 is 1.42 bits per heavy atom.